The maximum Gasteiger partial charge on any atom is 0.246 e. The van der Waals surface area contributed by atoms with Gasteiger partial charge in [0.05, 0.1) is 26.4 Å². The number of ether oxygens (including phenoxy) is 3. The van der Waals surface area contributed by atoms with Crippen LogP contribution in [0.1, 0.15) is 17.7 Å². The van der Waals surface area contributed by atoms with Crippen molar-refractivity contribution in [3.63, 3.8) is 0 Å². The standard InChI is InChI=1S/C18H22N2O4S/c1-22-14-5-2-4-13(8-14)18-20-10-16(25-18)9-19-17(21)12-23-11-15-6-3-7-24-15/h2,4-5,8,10,15H,3,6-7,9,11-12H2,1H3,(H,19,21). The normalized spacial score (nSPS) is 16.8. The molecule has 1 saturated heterocycles. The molecule has 0 aliphatic carbocycles. The van der Waals surface area contributed by atoms with E-state index in [4.69, 9.17) is 14.2 Å². The van der Waals surface area contributed by atoms with Gasteiger partial charge in [0.2, 0.25) is 5.91 Å². The highest BCUT2D eigenvalue weighted by Crippen LogP contribution is 2.27. The van der Waals surface area contributed by atoms with E-state index in [9.17, 15) is 4.79 Å². The van der Waals surface area contributed by atoms with Gasteiger partial charge in [0.25, 0.3) is 0 Å². The molecule has 134 valence electrons. The third kappa shape index (κ3) is 5.26. The molecule has 2 heterocycles. The SMILES string of the molecule is COc1cccc(-c2ncc(CNC(=O)COCC3CCCO3)s2)c1. The topological polar surface area (TPSA) is 69.7 Å². The van der Waals surface area contributed by atoms with E-state index < -0.39 is 0 Å². The van der Waals surface area contributed by atoms with E-state index in [-0.39, 0.29) is 18.6 Å². The number of nitrogens with zero attached hydrogens (tertiary/aromatic N) is 1. The molecular weight excluding hydrogens is 340 g/mol. The second kappa shape index (κ2) is 8.94. The zero-order valence-corrected chi connectivity index (χ0v) is 15.0. The van der Waals surface area contributed by atoms with E-state index >= 15 is 0 Å². The number of hydrogen-bond donors (Lipinski definition) is 1. The summed E-state index contributed by atoms with van der Waals surface area (Å²) in [6.45, 7) is 1.78. The number of nitrogens with one attached hydrogen (secondary N) is 1. The van der Waals surface area contributed by atoms with Crippen molar-refractivity contribution in [2.45, 2.75) is 25.5 Å². The quantitative estimate of drug-likeness (QED) is 0.782. The average Bonchev–Trinajstić information content (AvgIpc) is 3.32. The van der Waals surface area contributed by atoms with E-state index in [1.807, 2.05) is 24.3 Å². The summed E-state index contributed by atoms with van der Waals surface area (Å²) in [5.41, 5.74) is 1.00. The first-order valence-electron chi connectivity index (χ1n) is 8.30. The largest absolute Gasteiger partial charge is 0.497 e. The molecule has 1 aromatic heterocycles. The van der Waals surface area contributed by atoms with Crippen molar-refractivity contribution in [2.75, 3.05) is 26.9 Å². The van der Waals surface area contributed by atoms with Gasteiger partial charge in [-0.05, 0) is 25.0 Å². The highest BCUT2D eigenvalue weighted by molar-refractivity contribution is 7.15. The van der Waals surface area contributed by atoms with Gasteiger partial charge in [0, 0.05) is 23.2 Å². The number of methoxy groups -OCH3 is 1. The van der Waals surface area contributed by atoms with Crippen LogP contribution >= 0.6 is 11.3 Å². The highest BCUT2D eigenvalue weighted by Gasteiger charge is 2.16. The lowest BCUT2D eigenvalue weighted by Gasteiger charge is -2.09. The van der Waals surface area contributed by atoms with Crippen LogP contribution in [0.5, 0.6) is 5.75 Å². The first kappa shape index (κ1) is 17.8. The zero-order chi connectivity index (χ0) is 17.5. The molecule has 1 N–H and O–H groups in total. The maximum atomic E-state index is 11.8. The van der Waals surface area contributed by atoms with E-state index in [1.165, 1.54) is 0 Å². The summed E-state index contributed by atoms with van der Waals surface area (Å²) in [5.74, 6) is 0.667. The Hall–Kier alpha value is -1.96. The van der Waals surface area contributed by atoms with Gasteiger partial charge < -0.3 is 19.5 Å². The van der Waals surface area contributed by atoms with Crippen molar-refractivity contribution in [2.24, 2.45) is 0 Å². The number of hydrogen-bond acceptors (Lipinski definition) is 6. The van der Waals surface area contributed by atoms with Crippen LogP contribution in [0, 0.1) is 0 Å². The van der Waals surface area contributed by atoms with Crippen LogP contribution in [-0.4, -0.2) is 43.9 Å². The number of rotatable bonds is 8. The zero-order valence-electron chi connectivity index (χ0n) is 14.2. The van der Waals surface area contributed by atoms with Gasteiger partial charge in [0.15, 0.2) is 0 Å². The van der Waals surface area contributed by atoms with E-state index in [1.54, 1.807) is 24.6 Å². The molecule has 0 saturated carbocycles. The van der Waals surface area contributed by atoms with Crippen LogP contribution in [0.25, 0.3) is 10.6 Å². The maximum absolute atomic E-state index is 11.8. The van der Waals surface area contributed by atoms with Crippen LogP contribution in [0.3, 0.4) is 0 Å². The summed E-state index contributed by atoms with van der Waals surface area (Å²) < 4.78 is 16.1. The molecule has 25 heavy (non-hydrogen) atoms. The van der Waals surface area contributed by atoms with E-state index in [2.05, 4.69) is 10.3 Å². The Labute approximate surface area is 151 Å². The summed E-state index contributed by atoms with van der Waals surface area (Å²) >= 11 is 1.55. The van der Waals surface area contributed by atoms with E-state index in [0.29, 0.717) is 13.2 Å². The third-order valence-corrected chi connectivity index (χ3v) is 4.94. The molecule has 6 nitrogen and oxygen atoms in total. The monoisotopic (exact) mass is 362 g/mol. The molecule has 1 fully saturated rings. The van der Waals surface area contributed by atoms with Gasteiger partial charge in [-0.2, -0.15) is 0 Å². The summed E-state index contributed by atoms with van der Waals surface area (Å²) in [6, 6.07) is 7.76. The van der Waals surface area contributed by atoms with Crippen LogP contribution < -0.4 is 10.1 Å². The van der Waals surface area contributed by atoms with Gasteiger partial charge in [-0.15, -0.1) is 11.3 Å². The lowest BCUT2D eigenvalue weighted by Crippen LogP contribution is -2.28. The Bertz CT molecular complexity index is 698. The summed E-state index contributed by atoms with van der Waals surface area (Å²) in [5, 5.41) is 3.75. The molecule has 3 rings (SSSR count). The summed E-state index contributed by atoms with van der Waals surface area (Å²) in [6.07, 6.45) is 4.00. The Morgan fingerprint density at radius 2 is 2.40 bits per heavy atom. The molecular formula is C18H22N2O4S. The molecule has 0 bridgehead atoms. The van der Waals surface area contributed by atoms with E-state index in [0.717, 1.165) is 40.6 Å². The van der Waals surface area contributed by atoms with Crippen molar-refractivity contribution in [3.05, 3.63) is 35.3 Å². The molecule has 1 aliphatic rings. The minimum Gasteiger partial charge on any atom is -0.497 e. The fraction of sp³-hybridized carbons (Fsp3) is 0.444. The van der Waals surface area contributed by atoms with Crippen molar-refractivity contribution >= 4 is 17.2 Å². The van der Waals surface area contributed by atoms with Crippen LogP contribution in [0.15, 0.2) is 30.5 Å². The Balaban J connectivity index is 1.44. The number of thiazole rings is 1. The average molecular weight is 362 g/mol. The predicted octanol–water partition coefficient (Wildman–Crippen LogP) is 2.63. The molecule has 1 atom stereocenters. The molecule has 1 aliphatic heterocycles. The van der Waals surface area contributed by atoms with Crippen molar-refractivity contribution < 1.29 is 19.0 Å². The van der Waals surface area contributed by atoms with Crippen molar-refractivity contribution in [1.29, 1.82) is 0 Å². The number of carbonyl (C=O) groups excluding carboxylic acids is 1. The molecule has 7 heteroatoms. The number of aromatic nitrogens is 1. The Kier molecular flexibility index (Phi) is 6.38. The Morgan fingerprint density at radius 1 is 1.48 bits per heavy atom. The fourth-order valence-corrected chi connectivity index (χ4v) is 3.42. The molecule has 2 aromatic rings. The second-order valence-corrected chi connectivity index (χ2v) is 6.91. The van der Waals surface area contributed by atoms with Gasteiger partial charge in [-0.3, -0.25) is 4.79 Å². The van der Waals surface area contributed by atoms with Gasteiger partial charge in [0.1, 0.15) is 17.4 Å². The Morgan fingerprint density at radius 3 is 3.20 bits per heavy atom. The highest BCUT2D eigenvalue weighted by atomic mass is 32.1. The predicted molar refractivity (Wildman–Crippen MR) is 95.7 cm³/mol. The lowest BCUT2D eigenvalue weighted by molar-refractivity contribution is -0.127. The molecule has 0 spiro atoms. The smallest absolute Gasteiger partial charge is 0.246 e. The van der Waals surface area contributed by atoms with Crippen LogP contribution in [0.2, 0.25) is 0 Å². The van der Waals surface area contributed by atoms with Gasteiger partial charge in [-0.25, -0.2) is 4.98 Å². The first-order chi connectivity index (χ1) is 12.2. The lowest BCUT2D eigenvalue weighted by atomic mass is 10.2. The molecule has 1 aromatic carbocycles. The minimum absolute atomic E-state index is 0.0569. The fourth-order valence-electron chi connectivity index (χ4n) is 2.57. The summed E-state index contributed by atoms with van der Waals surface area (Å²) in [4.78, 5) is 17.3. The minimum atomic E-state index is -0.130. The number of benzene rings is 1. The van der Waals surface area contributed by atoms with Gasteiger partial charge in [-0.1, -0.05) is 12.1 Å². The third-order valence-electron chi connectivity index (χ3n) is 3.89. The molecule has 0 radical (unpaired) electrons. The molecule has 1 amide bonds. The molecule has 1 unspecified atom stereocenters. The number of carbonyl (C=O) groups is 1. The van der Waals surface area contributed by atoms with Crippen molar-refractivity contribution in [3.8, 4) is 16.3 Å². The van der Waals surface area contributed by atoms with Crippen LogP contribution in [0.4, 0.5) is 0 Å². The first-order valence-corrected chi connectivity index (χ1v) is 9.11. The number of amides is 1. The second-order valence-electron chi connectivity index (χ2n) is 5.79. The summed E-state index contributed by atoms with van der Waals surface area (Å²) in [7, 11) is 1.64. The van der Waals surface area contributed by atoms with Gasteiger partial charge >= 0.3 is 0 Å². The van der Waals surface area contributed by atoms with Crippen molar-refractivity contribution in [1.82, 2.24) is 10.3 Å². The van der Waals surface area contributed by atoms with Crippen LogP contribution in [-0.2, 0) is 20.8 Å².